The van der Waals surface area contributed by atoms with Gasteiger partial charge in [0.15, 0.2) is 5.13 Å². The van der Waals surface area contributed by atoms with Crippen molar-refractivity contribution in [2.45, 2.75) is 19.8 Å². The second-order valence-electron chi connectivity index (χ2n) is 6.15. The molecule has 2 amide bonds. The summed E-state index contributed by atoms with van der Waals surface area (Å²) in [6, 6.07) is 10.1. The number of hydrogen-bond acceptors (Lipinski definition) is 4. The lowest BCUT2D eigenvalue weighted by atomic mass is 10.1. The zero-order valence-corrected chi connectivity index (χ0v) is 14.8. The van der Waals surface area contributed by atoms with Crippen molar-refractivity contribution in [3.8, 4) is 0 Å². The van der Waals surface area contributed by atoms with Gasteiger partial charge >= 0.3 is 0 Å². The van der Waals surface area contributed by atoms with Crippen LogP contribution in [0.1, 0.15) is 17.7 Å². The van der Waals surface area contributed by atoms with Crippen LogP contribution < -0.4 is 4.90 Å². The van der Waals surface area contributed by atoms with Gasteiger partial charge < -0.3 is 4.90 Å². The molecule has 0 spiro atoms. The van der Waals surface area contributed by atoms with E-state index in [4.69, 9.17) is 0 Å². The first-order valence-electron chi connectivity index (χ1n) is 8.06. The molecule has 1 atom stereocenters. The van der Waals surface area contributed by atoms with Crippen molar-refractivity contribution in [3.63, 3.8) is 0 Å². The Morgan fingerprint density at radius 2 is 2.12 bits per heavy atom. The summed E-state index contributed by atoms with van der Waals surface area (Å²) < 4.78 is 0. The molecular formula is C18H21N3O2S. The normalized spacial score (nSPS) is 17.3. The van der Waals surface area contributed by atoms with Gasteiger partial charge in [-0.3, -0.25) is 14.5 Å². The monoisotopic (exact) mass is 343 g/mol. The second-order valence-corrected chi connectivity index (χ2v) is 6.98. The number of nitrogens with zero attached hydrogens (tertiary/aromatic N) is 3. The molecule has 24 heavy (non-hydrogen) atoms. The van der Waals surface area contributed by atoms with Crippen molar-refractivity contribution in [1.82, 2.24) is 9.88 Å². The van der Waals surface area contributed by atoms with E-state index in [0.29, 0.717) is 24.6 Å². The summed E-state index contributed by atoms with van der Waals surface area (Å²) in [4.78, 5) is 32.6. The molecule has 2 heterocycles. The van der Waals surface area contributed by atoms with Gasteiger partial charge in [0.1, 0.15) is 0 Å². The van der Waals surface area contributed by atoms with Crippen LogP contribution in [-0.4, -0.2) is 41.8 Å². The molecule has 2 aromatic rings. The molecule has 0 N–H and O–H groups in total. The second kappa shape index (κ2) is 7.13. The summed E-state index contributed by atoms with van der Waals surface area (Å²) in [5.41, 5.74) is 2.11. The van der Waals surface area contributed by atoms with Crippen LogP contribution in [0.4, 0.5) is 5.13 Å². The molecule has 0 unspecified atom stereocenters. The van der Waals surface area contributed by atoms with Crippen LogP contribution in [0.25, 0.3) is 0 Å². The Bertz CT molecular complexity index is 729. The number of rotatable bonds is 5. The molecule has 0 aliphatic carbocycles. The molecular weight excluding hydrogens is 322 g/mol. The molecule has 5 nitrogen and oxygen atoms in total. The van der Waals surface area contributed by atoms with E-state index in [0.717, 1.165) is 12.1 Å². The first kappa shape index (κ1) is 16.6. The fourth-order valence-electron chi connectivity index (χ4n) is 2.93. The summed E-state index contributed by atoms with van der Waals surface area (Å²) in [5, 5.41) is 2.61. The molecule has 1 aromatic heterocycles. The molecule has 3 rings (SSSR count). The smallest absolute Gasteiger partial charge is 0.233 e. The lowest BCUT2D eigenvalue weighted by Crippen LogP contribution is -2.35. The molecule has 1 saturated heterocycles. The Balaban J connectivity index is 1.58. The number of aryl methyl sites for hydroxylation is 1. The fraction of sp³-hybridized carbons (Fsp3) is 0.389. The van der Waals surface area contributed by atoms with E-state index in [1.165, 1.54) is 16.9 Å². The van der Waals surface area contributed by atoms with E-state index in [1.807, 2.05) is 30.5 Å². The lowest BCUT2D eigenvalue weighted by molar-refractivity contribution is -0.128. The summed E-state index contributed by atoms with van der Waals surface area (Å²) in [7, 11) is 1.73. The molecule has 0 bridgehead atoms. The van der Waals surface area contributed by atoms with Gasteiger partial charge in [-0.1, -0.05) is 30.3 Å². The van der Waals surface area contributed by atoms with Crippen molar-refractivity contribution in [1.29, 1.82) is 0 Å². The number of aromatic nitrogens is 1. The van der Waals surface area contributed by atoms with Crippen molar-refractivity contribution in [3.05, 3.63) is 47.0 Å². The number of anilines is 1. The van der Waals surface area contributed by atoms with Crippen LogP contribution >= 0.6 is 11.3 Å². The zero-order valence-electron chi connectivity index (χ0n) is 13.9. The van der Waals surface area contributed by atoms with Crippen molar-refractivity contribution >= 4 is 28.3 Å². The Labute approximate surface area is 145 Å². The van der Waals surface area contributed by atoms with Crippen LogP contribution in [0, 0.1) is 12.8 Å². The molecule has 0 saturated carbocycles. The van der Waals surface area contributed by atoms with Crippen LogP contribution in [0.2, 0.25) is 0 Å². The third-order valence-electron chi connectivity index (χ3n) is 4.30. The van der Waals surface area contributed by atoms with Crippen LogP contribution in [-0.2, 0) is 16.0 Å². The van der Waals surface area contributed by atoms with Gasteiger partial charge in [-0.25, -0.2) is 4.98 Å². The summed E-state index contributed by atoms with van der Waals surface area (Å²) in [5.74, 6) is -0.240. The molecule has 126 valence electrons. The minimum atomic E-state index is -0.275. The van der Waals surface area contributed by atoms with Gasteiger partial charge in [-0.2, -0.15) is 0 Å². The minimum Gasteiger partial charge on any atom is -0.342 e. The highest BCUT2D eigenvalue weighted by Crippen LogP contribution is 2.25. The number of hydrogen-bond donors (Lipinski definition) is 0. The van der Waals surface area contributed by atoms with E-state index in [9.17, 15) is 9.59 Å². The highest BCUT2D eigenvalue weighted by molar-refractivity contribution is 7.14. The average Bonchev–Trinajstić information content (AvgIpc) is 3.18. The first-order valence-corrected chi connectivity index (χ1v) is 8.94. The summed E-state index contributed by atoms with van der Waals surface area (Å²) >= 11 is 1.45. The molecule has 1 aliphatic heterocycles. The Hall–Kier alpha value is -2.21. The van der Waals surface area contributed by atoms with E-state index in [-0.39, 0.29) is 17.7 Å². The van der Waals surface area contributed by atoms with E-state index < -0.39 is 0 Å². The van der Waals surface area contributed by atoms with Gasteiger partial charge in [0.25, 0.3) is 0 Å². The van der Waals surface area contributed by atoms with Crippen LogP contribution in [0.5, 0.6) is 0 Å². The van der Waals surface area contributed by atoms with E-state index in [1.54, 1.807) is 16.8 Å². The van der Waals surface area contributed by atoms with Crippen molar-refractivity contribution in [2.75, 3.05) is 25.0 Å². The molecule has 1 fully saturated rings. The quantitative estimate of drug-likeness (QED) is 0.838. The molecule has 6 heteroatoms. The third kappa shape index (κ3) is 3.64. The van der Waals surface area contributed by atoms with Gasteiger partial charge in [-0.05, 0) is 18.9 Å². The maximum atomic E-state index is 12.6. The van der Waals surface area contributed by atoms with Gasteiger partial charge in [0, 0.05) is 31.9 Å². The van der Waals surface area contributed by atoms with Crippen LogP contribution in [0.3, 0.4) is 0 Å². The number of thiazole rings is 1. The highest BCUT2D eigenvalue weighted by atomic mass is 32.1. The summed E-state index contributed by atoms with van der Waals surface area (Å²) in [6.07, 6.45) is 1.11. The van der Waals surface area contributed by atoms with Crippen molar-refractivity contribution in [2.24, 2.45) is 5.92 Å². The molecule has 0 radical (unpaired) electrons. The largest absolute Gasteiger partial charge is 0.342 e. The standard InChI is InChI=1S/C18H21N3O2S/c1-13-12-24-18(19-13)20(2)17(23)15-10-16(22)21(11-15)9-8-14-6-4-3-5-7-14/h3-7,12,15H,8-11H2,1-2H3/t15-/m1/s1. The predicted octanol–water partition coefficient (Wildman–Crippen LogP) is 2.51. The molecule has 1 aromatic carbocycles. The molecule has 1 aliphatic rings. The first-order chi connectivity index (χ1) is 11.5. The number of likely N-dealkylation sites (tertiary alicyclic amines) is 1. The van der Waals surface area contributed by atoms with E-state index >= 15 is 0 Å². The number of carbonyl (C=O) groups excluding carboxylic acids is 2. The highest BCUT2D eigenvalue weighted by Gasteiger charge is 2.36. The fourth-order valence-corrected chi connectivity index (χ4v) is 3.70. The number of carbonyl (C=O) groups is 2. The van der Waals surface area contributed by atoms with E-state index in [2.05, 4.69) is 17.1 Å². The minimum absolute atomic E-state index is 0.0279. The maximum absolute atomic E-state index is 12.6. The third-order valence-corrected chi connectivity index (χ3v) is 5.34. The van der Waals surface area contributed by atoms with Gasteiger partial charge in [-0.15, -0.1) is 11.3 Å². The Kier molecular flexibility index (Phi) is 4.94. The maximum Gasteiger partial charge on any atom is 0.233 e. The zero-order chi connectivity index (χ0) is 17.1. The van der Waals surface area contributed by atoms with Crippen LogP contribution in [0.15, 0.2) is 35.7 Å². The number of amides is 2. The average molecular weight is 343 g/mol. The summed E-state index contributed by atoms with van der Waals surface area (Å²) in [6.45, 7) is 3.06. The Morgan fingerprint density at radius 1 is 1.38 bits per heavy atom. The van der Waals surface area contributed by atoms with Gasteiger partial charge in [0.2, 0.25) is 11.8 Å². The number of benzene rings is 1. The lowest BCUT2D eigenvalue weighted by Gasteiger charge is -2.19. The Morgan fingerprint density at radius 3 is 2.79 bits per heavy atom. The SMILES string of the molecule is Cc1csc(N(C)C(=O)[C@@H]2CC(=O)N(CCc3ccccc3)C2)n1. The topological polar surface area (TPSA) is 53.5 Å². The predicted molar refractivity (Wildman–Crippen MR) is 95.1 cm³/mol. The van der Waals surface area contributed by atoms with Gasteiger partial charge in [0.05, 0.1) is 11.6 Å². The van der Waals surface area contributed by atoms with Crippen molar-refractivity contribution < 1.29 is 9.59 Å².